The maximum Gasteiger partial charge on any atom is 0.246 e. The Balaban J connectivity index is 1.45. The van der Waals surface area contributed by atoms with E-state index in [9.17, 15) is 9.59 Å². The largest absolute Gasteiger partial charge is 0.459 e. The van der Waals surface area contributed by atoms with E-state index in [1.54, 1.807) is 18.0 Å². The molecule has 1 N–H and O–H groups in total. The number of likely N-dealkylation sites (N-methyl/N-ethyl adjacent to an activating group) is 1. The predicted octanol–water partition coefficient (Wildman–Crippen LogP) is 4.69. The van der Waals surface area contributed by atoms with Gasteiger partial charge >= 0.3 is 0 Å². The van der Waals surface area contributed by atoms with Crippen LogP contribution in [0.3, 0.4) is 0 Å². The van der Waals surface area contributed by atoms with E-state index in [0.29, 0.717) is 13.0 Å². The van der Waals surface area contributed by atoms with E-state index in [0.717, 1.165) is 51.9 Å². The lowest BCUT2D eigenvalue weighted by molar-refractivity contribution is -0.125. The van der Waals surface area contributed by atoms with Crippen LogP contribution in [0.2, 0.25) is 0 Å². The molecule has 0 saturated carbocycles. The summed E-state index contributed by atoms with van der Waals surface area (Å²) in [7, 11) is 1.77. The molecule has 0 aliphatic carbocycles. The number of nitrogens with zero attached hydrogens (tertiary/aromatic N) is 1. The van der Waals surface area contributed by atoms with Crippen LogP contribution in [-0.2, 0) is 22.6 Å². The maximum absolute atomic E-state index is 12.6. The first-order chi connectivity index (χ1) is 14.0. The fourth-order valence-electron chi connectivity index (χ4n) is 3.66. The molecular formula is C24H24N2O3. The van der Waals surface area contributed by atoms with Gasteiger partial charge in [0.15, 0.2) is 0 Å². The molecule has 29 heavy (non-hydrogen) atoms. The number of furan rings is 1. The van der Waals surface area contributed by atoms with Crippen LogP contribution in [-0.4, -0.2) is 23.8 Å². The fraction of sp³-hybridized carbons (Fsp3) is 0.250. The molecule has 0 fully saturated rings. The standard InChI is InChI=1S/C24H24N2O3/c1-16-19-7-3-4-8-21(19)29-22(16)15-26(2)24(28)13-11-17-10-12-20-18(14-17)6-5-9-23(27)25-20/h3-4,7-8,10-14H,5-6,9,15H2,1-2H3,(H,25,27)/b13-11+. The van der Waals surface area contributed by atoms with Crippen molar-refractivity contribution in [2.24, 2.45) is 0 Å². The normalized spacial score (nSPS) is 13.9. The number of carbonyl (C=O) groups excluding carboxylic acids is 2. The van der Waals surface area contributed by atoms with Crippen LogP contribution in [0.15, 0.2) is 53.0 Å². The molecule has 5 nitrogen and oxygen atoms in total. The van der Waals surface area contributed by atoms with Crippen LogP contribution in [0.1, 0.15) is 35.3 Å². The van der Waals surface area contributed by atoms with Crippen LogP contribution in [0.25, 0.3) is 17.0 Å². The molecule has 0 unspecified atom stereocenters. The Morgan fingerprint density at radius 3 is 2.86 bits per heavy atom. The third-order valence-electron chi connectivity index (χ3n) is 5.37. The Labute approximate surface area is 170 Å². The molecule has 1 aliphatic rings. The van der Waals surface area contributed by atoms with Crippen molar-refractivity contribution >= 4 is 34.5 Å². The van der Waals surface area contributed by atoms with Crippen molar-refractivity contribution in [2.75, 3.05) is 12.4 Å². The zero-order chi connectivity index (χ0) is 20.4. The molecule has 2 aromatic carbocycles. The first-order valence-corrected chi connectivity index (χ1v) is 9.84. The Morgan fingerprint density at radius 2 is 2.03 bits per heavy atom. The van der Waals surface area contributed by atoms with E-state index in [4.69, 9.17) is 4.42 Å². The topological polar surface area (TPSA) is 62.6 Å². The monoisotopic (exact) mass is 388 g/mol. The van der Waals surface area contributed by atoms with Gasteiger partial charge in [0.1, 0.15) is 11.3 Å². The predicted molar refractivity (Wildman–Crippen MR) is 114 cm³/mol. The van der Waals surface area contributed by atoms with Crippen molar-refractivity contribution in [3.05, 3.63) is 71.0 Å². The molecule has 1 aromatic heterocycles. The molecule has 1 aliphatic heterocycles. The number of carbonyl (C=O) groups is 2. The molecule has 0 bridgehead atoms. The molecule has 3 aromatic rings. The highest BCUT2D eigenvalue weighted by Crippen LogP contribution is 2.26. The fourth-order valence-corrected chi connectivity index (χ4v) is 3.66. The average molecular weight is 388 g/mol. The number of para-hydroxylation sites is 1. The van der Waals surface area contributed by atoms with E-state index < -0.39 is 0 Å². The SMILES string of the molecule is Cc1c(CN(C)C(=O)/C=C/c2ccc3c(c2)CCCC(=O)N3)oc2ccccc12. The third-order valence-corrected chi connectivity index (χ3v) is 5.37. The van der Waals surface area contributed by atoms with E-state index in [1.165, 1.54) is 0 Å². The highest BCUT2D eigenvalue weighted by molar-refractivity contribution is 5.93. The van der Waals surface area contributed by atoms with Gasteiger partial charge in [0.25, 0.3) is 0 Å². The Kier molecular flexibility index (Phi) is 5.21. The van der Waals surface area contributed by atoms with Crippen LogP contribution in [0, 0.1) is 6.92 Å². The summed E-state index contributed by atoms with van der Waals surface area (Å²) in [6.07, 6.45) is 5.64. The summed E-state index contributed by atoms with van der Waals surface area (Å²) in [6, 6.07) is 13.8. The molecule has 4 rings (SSSR count). The second-order valence-corrected chi connectivity index (χ2v) is 7.49. The van der Waals surface area contributed by atoms with Gasteiger partial charge in [-0.3, -0.25) is 9.59 Å². The summed E-state index contributed by atoms with van der Waals surface area (Å²) in [6.45, 7) is 2.43. The van der Waals surface area contributed by atoms with Crippen LogP contribution < -0.4 is 5.32 Å². The zero-order valence-corrected chi connectivity index (χ0v) is 16.7. The van der Waals surface area contributed by atoms with Crippen molar-refractivity contribution < 1.29 is 14.0 Å². The lowest BCUT2D eigenvalue weighted by atomic mass is 10.0. The van der Waals surface area contributed by atoms with Crippen molar-refractivity contribution in [1.82, 2.24) is 4.90 Å². The van der Waals surface area contributed by atoms with Gasteiger partial charge in [0, 0.05) is 36.2 Å². The number of fused-ring (bicyclic) bond motifs is 2. The number of anilines is 1. The van der Waals surface area contributed by atoms with Crippen molar-refractivity contribution in [3.8, 4) is 0 Å². The van der Waals surface area contributed by atoms with E-state index >= 15 is 0 Å². The zero-order valence-electron chi connectivity index (χ0n) is 16.7. The molecular weight excluding hydrogens is 364 g/mol. The maximum atomic E-state index is 12.6. The lowest BCUT2D eigenvalue weighted by Crippen LogP contribution is -2.24. The van der Waals surface area contributed by atoms with Crippen molar-refractivity contribution in [1.29, 1.82) is 0 Å². The summed E-state index contributed by atoms with van der Waals surface area (Å²) in [4.78, 5) is 25.9. The molecule has 0 spiro atoms. The minimum atomic E-state index is -0.0897. The summed E-state index contributed by atoms with van der Waals surface area (Å²) >= 11 is 0. The molecule has 5 heteroatoms. The average Bonchev–Trinajstić information content (AvgIpc) is 2.90. The van der Waals surface area contributed by atoms with Crippen LogP contribution in [0.5, 0.6) is 0 Å². The number of nitrogens with one attached hydrogen (secondary N) is 1. The van der Waals surface area contributed by atoms with E-state index in [1.807, 2.05) is 55.5 Å². The number of benzene rings is 2. The van der Waals surface area contributed by atoms with Crippen molar-refractivity contribution in [3.63, 3.8) is 0 Å². The molecule has 0 atom stereocenters. The van der Waals surface area contributed by atoms with Gasteiger partial charge in [-0.15, -0.1) is 0 Å². The van der Waals surface area contributed by atoms with Gasteiger partial charge in [-0.05, 0) is 55.2 Å². The van der Waals surface area contributed by atoms with Gasteiger partial charge in [-0.25, -0.2) is 0 Å². The molecule has 2 heterocycles. The molecule has 0 radical (unpaired) electrons. The Morgan fingerprint density at radius 1 is 1.21 bits per heavy atom. The van der Waals surface area contributed by atoms with Gasteiger partial charge in [-0.1, -0.05) is 24.3 Å². The number of hydrogen-bond donors (Lipinski definition) is 1. The van der Waals surface area contributed by atoms with Gasteiger partial charge in [-0.2, -0.15) is 0 Å². The third kappa shape index (κ3) is 4.09. The minimum Gasteiger partial charge on any atom is -0.459 e. The Bertz CT molecular complexity index is 1110. The van der Waals surface area contributed by atoms with E-state index in [-0.39, 0.29) is 11.8 Å². The molecule has 148 valence electrons. The number of amides is 2. The van der Waals surface area contributed by atoms with Crippen LogP contribution >= 0.6 is 0 Å². The van der Waals surface area contributed by atoms with Gasteiger partial charge in [0.05, 0.1) is 6.54 Å². The van der Waals surface area contributed by atoms with Crippen LogP contribution in [0.4, 0.5) is 5.69 Å². The van der Waals surface area contributed by atoms with Gasteiger partial charge < -0.3 is 14.6 Å². The number of hydrogen-bond acceptors (Lipinski definition) is 3. The molecule has 0 saturated heterocycles. The van der Waals surface area contributed by atoms with E-state index in [2.05, 4.69) is 5.32 Å². The minimum absolute atomic E-state index is 0.0599. The summed E-state index contributed by atoms with van der Waals surface area (Å²) < 4.78 is 5.91. The first-order valence-electron chi connectivity index (χ1n) is 9.84. The first kappa shape index (κ1) is 19.0. The van der Waals surface area contributed by atoms with Gasteiger partial charge in [0.2, 0.25) is 11.8 Å². The number of rotatable bonds is 4. The van der Waals surface area contributed by atoms with Crippen molar-refractivity contribution in [2.45, 2.75) is 32.7 Å². The summed E-state index contributed by atoms with van der Waals surface area (Å²) in [5, 5.41) is 4.01. The Hall–Kier alpha value is -3.34. The highest BCUT2D eigenvalue weighted by atomic mass is 16.3. The summed E-state index contributed by atoms with van der Waals surface area (Å²) in [5.41, 5.74) is 4.83. The quantitative estimate of drug-likeness (QED) is 0.660. The second kappa shape index (κ2) is 7.95. The second-order valence-electron chi connectivity index (χ2n) is 7.49. The lowest BCUT2D eigenvalue weighted by Gasteiger charge is -2.14. The molecule has 2 amide bonds. The number of aryl methyl sites for hydroxylation is 2. The smallest absolute Gasteiger partial charge is 0.246 e. The summed E-state index contributed by atoms with van der Waals surface area (Å²) in [5.74, 6) is 0.772. The highest BCUT2D eigenvalue weighted by Gasteiger charge is 2.15.